The highest BCUT2D eigenvalue weighted by atomic mass is 16.5. The molecule has 0 aromatic rings. The van der Waals surface area contributed by atoms with Gasteiger partial charge in [0.05, 0.1) is 13.2 Å². The second-order valence-corrected chi connectivity index (χ2v) is 5.15. The molecule has 1 atom stereocenters. The maximum absolute atomic E-state index is 5.72. The minimum atomic E-state index is 0.200. The quantitative estimate of drug-likeness (QED) is 0.753. The molecule has 1 aliphatic heterocycles. The van der Waals surface area contributed by atoms with E-state index in [2.05, 4.69) is 25.7 Å². The van der Waals surface area contributed by atoms with E-state index in [-0.39, 0.29) is 5.54 Å². The van der Waals surface area contributed by atoms with Gasteiger partial charge < -0.3 is 10.5 Å². The normalized spacial score (nSPS) is 24.0. The first-order valence-electron chi connectivity index (χ1n) is 6.13. The van der Waals surface area contributed by atoms with Crippen molar-refractivity contribution in [3.63, 3.8) is 0 Å². The monoisotopic (exact) mass is 214 g/mol. The fourth-order valence-corrected chi connectivity index (χ4v) is 2.13. The molecule has 0 aliphatic carbocycles. The topological polar surface area (TPSA) is 38.5 Å². The molecule has 0 amide bonds. The van der Waals surface area contributed by atoms with E-state index in [0.29, 0.717) is 5.92 Å². The second-order valence-electron chi connectivity index (χ2n) is 5.15. The highest BCUT2D eigenvalue weighted by Gasteiger charge is 2.30. The molecular formula is C12H26N2O. The van der Waals surface area contributed by atoms with E-state index in [1.54, 1.807) is 0 Å². The van der Waals surface area contributed by atoms with Gasteiger partial charge in [0.2, 0.25) is 0 Å². The Labute approximate surface area is 94.0 Å². The predicted octanol–water partition coefficient (Wildman–Crippen LogP) is 1.47. The van der Waals surface area contributed by atoms with Crippen LogP contribution >= 0.6 is 0 Å². The Bertz CT molecular complexity index is 178. The predicted molar refractivity (Wildman–Crippen MR) is 63.9 cm³/mol. The molecule has 15 heavy (non-hydrogen) atoms. The molecule has 3 heteroatoms. The summed E-state index contributed by atoms with van der Waals surface area (Å²) >= 11 is 0. The lowest BCUT2D eigenvalue weighted by molar-refractivity contribution is -0.0526. The first kappa shape index (κ1) is 12.9. The van der Waals surface area contributed by atoms with Crippen LogP contribution in [-0.4, -0.2) is 43.3 Å². The highest BCUT2D eigenvalue weighted by molar-refractivity contribution is 4.84. The molecule has 1 fully saturated rings. The van der Waals surface area contributed by atoms with Crippen molar-refractivity contribution in [2.24, 2.45) is 11.7 Å². The van der Waals surface area contributed by atoms with Crippen molar-refractivity contribution < 1.29 is 4.74 Å². The summed E-state index contributed by atoms with van der Waals surface area (Å²) in [6.07, 6.45) is 2.41. The molecule has 0 radical (unpaired) electrons. The van der Waals surface area contributed by atoms with Gasteiger partial charge in [0, 0.05) is 12.1 Å². The zero-order chi connectivity index (χ0) is 11.3. The van der Waals surface area contributed by atoms with Crippen molar-refractivity contribution in [3.05, 3.63) is 0 Å². The number of rotatable bonds is 5. The van der Waals surface area contributed by atoms with Crippen LogP contribution in [0.15, 0.2) is 0 Å². The highest BCUT2D eigenvalue weighted by Crippen LogP contribution is 2.20. The lowest BCUT2D eigenvalue weighted by Gasteiger charge is -2.42. The van der Waals surface area contributed by atoms with Crippen molar-refractivity contribution >= 4 is 0 Å². The number of morpholine rings is 1. The first-order chi connectivity index (χ1) is 7.10. The van der Waals surface area contributed by atoms with Gasteiger partial charge in [-0.25, -0.2) is 0 Å². The largest absolute Gasteiger partial charge is 0.378 e. The number of hydrogen-bond acceptors (Lipinski definition) is 3. The van der Waals surface area contributed by atoms with Crippen molar-refractivity contribution in [1.29, 1.82) is 0 Å². The van der Waals surface area contributed by atoms with Crippen LogP contribution in [0.25, 0.3) is 0 Å². The number of hydrogen-bond donors (Lipinski definition) is 1. The van der Waals surface area contributed by atoms with E-state index in [0.717, 1.165) is 32.8 Å². The number of nitrogens with zero attached hydrogens (tertiary/aromatic N) is 1. The van der Waals surface area contributed by atoms with Crippen molar-refractivity contribution in [1.82, 2.24) is 4.90 Å². The lowest BCUT2D eigenvalue weighted by atomic mass is 9.98. The lowest BCUT2D eigenvalue weighted by Crippen LogP contribution is -2.53. The second kappa shape index (κ2) is 5.83. The van der Waals surface area contributed by atoms with Gasteiger partial charge in [0.15, 0.2) is 0 Å². The minimum absolute atomic E-state index is 0.200. The van der Waals surface area contributed by atoms with Crippen LogP contribution in [0.1, 0.15) is 33.6 Å². The molecule has 0 spiro atoms. The van der Waals surface area contributed by atoms with E-state index in [4.69, 9.17) is 10.5 Å². The van der Waals surface area contributed by atoms with Gasteiger partial charge in [0.1, 0.15) is 0 Å². The summed E-state index contributed by atoms with van der Waals surface area (Å²) in [5.74, 6) is 0.684. The third-order valence-electron chi connectivity index (χ3n) is 3.53. The number of nitrogens with two attached hydrogens (primary N) is 1. The zero-order valence-electron chi connectivity index (χ0n) is 10.5. The molecule has 3 nitrogen and oxygen atoms in total. The Morgan fingerprint density at radius 3 is 2.73 bits per heavy atom. The molecule has 0 bridgehead atoms. The minimum Gasteiger partial charge on any atom is -0.378 e. The smallest absolute Gasteiger partial charge is 0.0645 e. The molecule has 90 valence electrons. The zero-order valence-corrected chi connectivity index (χ0v) is 10.5. The summed E-state index contributed by atoms with van der Waals surface area (Å²) < 4.78 is 5.51. The molecule has 0 saturated carbocycles. The molecule has 2 N–H and O–H groups in total. The maximum Gasteiger partial charge on any atom is 0.0645 e. The SMILES string of the molecule is CCC(CN)CCN1CCOCC1(C)C. The van der Waals surface area contributed by atoms with Gasteiger partial charge in [-0.05, 0) is 39.3 Å². The van der Waals surface area contributed by atoms with Gasteiger partial charge >= 0.3 is 0 Å². The van der Waals surface area contributed by atoms with Crippen LogP contribution in [0.2, 0.25) is 0 Å². The molecule has 1 rings (SSSR count). The van der Waals surface area contributed by atoms with Crippen LogP contribution in [0.5, 0.6) is 0 Å². The molecule has 1 saturated heterocycles. The van der Waals surface area contributed by atoms with Gasteiger partial charge in [-0.2, -0.15) is 0 Å². The maximum atomic E-state index is 5.72. The van der Waals surface area contributed by atoms with Crippen LogP contribution in [0.4, 0.5) is 0 Å². The van der Waals surface area contributed by atoms with Gasteiger partial charge in [-0.3, -0.25) is 4.90 Å². The van der Waals surface area contributed by atoms with Crippen LogP contribution in [-0.2, 0) is 4.74 Å². The van der Waals surface area contributed by atoms with Crippen LogP contribution in [0, 0.1) is 5.92 Å². The molecule has 1 heterocycles. The van der Waals surface area contributed by atoms with Crippen molar-refractivity contribution in [3.8, 4) is 0 Å². The Balaban J connectivity index is 2.35. The third-order valence-corrected chi connectivity index (χ3v) is 3.53. The van der Waals surface area contributed by atoms with E-state index >= 15 is 0 Å². The summed E-state index contributed by atoms with van der Waals surface area (Å²) in [5.41, 5.74) is 5.92. The van der Waals surface area contributed by atoms with E-state index < -0.39 is 0 Å². The Kier molecular flexibility index (Phi) is 5.03. The van der Waals surface area contributed by atoms with Crippen LogP contribution < -0.4 is 5.73 Å². The van der Waals surface area contributed by atoms with E-state index in [1.807, 2.05) is 0 Å². The molecular weight excluding hydrogens is 188 g/mol. The van der Waals surface area contributed by atoms with E-state index in [1.165, 1.54) is 12.8 Å². The fourth-order valence-electron chi connectivity index (χ4n) is 2.13. The van der Waals surface area contributed by atoms with E-state index in [9.17, 15) is 0 Å². The molecule has 0 aromatic carbocycles. The van der Waals surface area contributed by atoms with Crippen LogP contribution in [0.3, 0.4) is 0 Å². The van der Waals surface area contributed by atoms with Gasteiger partial charge in [-0.15, -0.1) is 0 Å². The average molecular weight is 214 g/mol. The summed E-state index contributed by atoms with van der Waals surface area (Å²) in [5, 5.41) is 0. The Morgan fingerprint density at radius 1 is 1.47 bits per heavy atom. The Morgan fingerprint density at radius 2 is 2.20 bits per heavy atom. The fraction of sp³-hybridized carbons (Fsp3) is 1.00. The third kappa shape index (κ3) is 3.74. The summed E-state index contributed by atoms with van der Waals surface area (Å²) in [6.45, 7) is 11.5. The van der Waals surface area contributed by atoms with Crippen molar-refractivity contribution in [2.75, 3.05) is 32.8 Å². The Hall–Kier alpha value is -0.120. The standard InChI is InChI=1S/C12H26N2O/c1-4-11(9-13)5-6-14-7-8-15-10-12(14,2)3/h11H,4-10,13H2,1-3H3. The summed E-state index contributed by atoms with van der Waals surface area (Å²) in [6, 6.07) is 0. The average Bonchev–Trinajstić information content (AvgIpc) is 2.21. The molecule has 1 aliphatic rings. The van der Waals surface area contributed by atoms with Gasteiger partial charge in [-0.1, -0.05) is 13.3 Å². The molecule has 1 unspecified atom stereocenters. The summed E-state index contributed by atoms with van der Waals surface area (Å²) in [7, 11) is 0. The molecule has 0 aromatic heterocycles. The van der Waals surface area contributed by atoms with Gasteiger partial charge in [0.25, 0.3) is 0 Å². The number of ether oxygens (including phenoxy) is 1. The van der Waals surface area contributed by atoms with Crippen molar-refractivity contribution in [2.45, 2.75) is 39.2 Å². The summed E-state index contributed by atoms with van der Waals surface area (Å²) in [4.78, 5) is 2.54. The first-order valence-corrected chi connectivity index (χ1v) is 6.13.